The van der Waals surface area contributed by atoms with Gasteiger partial charge in [0.25, 0.3) is 0 Å². The van der Waals surface area contributed by atoms with E-state index in [1.807, 2.05) is 19.1 Å². The molecule has 0 saturated carbocycles. The molecule has 2 aromatic rings. The lowest BCUT2D eigenvalue weighted by Crippen LogP contribution is -2.04. The number of rotatable bonds is 1. The molecule has 2 rings (SSSR count). The molecule has 0 aliphatic carbocycles. The fourth-order valence-corrected chi connectivity index (χ4v) is 1.50. The van der Waals surface area contributed by atoms with Crippen molar-refractivity contribution in [2.24, 2.45) is 0 Å². The van der Waals surface area contributed by atoms with Crippen molar-refractivity contribution in [2.45, 2.75) is 20.0 Å². The van der Waals surface area contributed by atoms with Crippen LogP contribution in [0.3, 0.4) is 0 Å². The third-order valence-corrected chi connectivity index (χ3v) is 2.36. The Kier molecular flexibility index (Phi) is 2.69. The number of aryl methyl sites for hydroxylation is 2. The summed E-state index contributed by atoms with van der Waals surface area (Å²) in [6.45, 7) is 3.37. The van der Waals surface area contributed by atoms with Gasteiger partial charge in [0.05, 0.1) is 0 Å². The second kappa shape index (κ2) is 3.91. The lowest BCUT2D eigenvalue weighted by atomic mass is 10.1. The molecule has 2 nitrogen and oxygen atoms in total. The van der Waals surface area contributed by atoms with Gasteiger partial charge in [-0.3, -0.25) is 0 Å². The zero-order valence-corrected chi connectivity index (χ0v) is 9.30. The molecule has 0 fully saturated rings. The first-order valence-corrected chi connectivity index (χ1v) is 4.99. The third-order valence-electron chi connectivity index (χ3n) is 2.36. The highest BCUT2D eigenvalue weighted by Crippen LogP contribution is 2.33. The predicted octanol–water partition coefficient (Wildman–Crippen LogP) is 3.98. The van der Waals surface area contributed by atoms with Gasteiger partial charge in [0, 0.05) is 5.56 Å². The minimum absolute atomic E-state index is 0.168. The molecule has 0 bridgehead atoms. The Bertz CT molecular complexity index is 526. The van der Waals surface area contributed by atoms with Crippen molar-refractivity contribution in [2.75, 3.05) is 0 Å². The molecular formula is C12H10F3NO. The van der Waals surface area contributed by atoms with E-state index in [0.29, 0.717) is 5.56 Å². The van der Waals surface area contributed by atoms with Gasteiger partial charge < -0.3 is 4.42 Å². The zero-order valence-electron chi connectivity index (χ0n) is 9.30. The first-order chi connectivity index (χ1) is 7.88. The second-order valence-corrected chi connectivity index (χ2v) is 3.79. The van der Waals surface area contributed by atoms with E-state index >= 15 is 0 Å². The number of nitrogens with zero attached hydrogens (tertiary/aromatic N) is 1. The quantitative estimate of drug-likeness (QED) is 0.754. The normalized spacial score (nSPS) is 11.8. The molecule has 1 aromatic heterocycles. The van der Waals surface area contributed by atoms with E-state index < -0.39 is 12.1 Å². The van der Waals surface area contributed by atoms with Crippen LogP contribution in [-0.4, -0.2) is 4.98 Å². The summed E-state index contributed by atoms with van der Waals surface area (Å²) >= 11 is 0. The maximum Gasteiger partial charge on any atom is 0.468 e. The van der Waals surface area contributed by atoms with Crippen molar-refractivity contribution in [3.05, 3.63) is 41.5 Å². The van der Waals surface area contributed by atoms with Crippen LogP contribution in [0.1, 0.15) is 17.2 Å². The van der Waals surface area contributed by atoms with Crippen molar-refractivity contribution < 1.29 is 17.6 Å². The van der Waals surface area contributed by atoms with Crippen LogP contribution in [0.4, 0.5) is 13.2 Å². The summed E-state index contributed by atoms with van der Waals surface area (Å²) in [4.78, 5) is 3.49. The number of halogens is 3. The average Bonchev–Trinajstić information content (AvgIpc) is 2.61. The van der Waals surface area contributed by atoms with E-state index in [1.54, 1.807) is 12.1 Å². The second-order valence-electron chi connectivity index (χ2n) is 3.79. The first kappa shape index (κ1) is 11.7. The molecule has 0 aliphatic rings. The largest absolute Gasteiger partial charge is 0.468 e. The highest BCUT2D eigenvalue weighted by atomic mass is 19.4. The van der Waals surface area contributed by atoms with Gasteiger partial charge in [-0.15, -0.1) is 0 Å². The van der Waals surface area contributed by atoms with Gasteiger partial charge in [-0.25, -0.2) is 4.98 Å². The predicted molar refractivity (Wildman–Crippen MR) is 56.4 cm³/mol. The Morgan fingerprint density at radius 2 is 1.65 bits per heavy atom. The molecule has 0 amide bonds. The van der Waals surface area contributed by atoms with Crippen LogP contribution in [-0.2, 0) is 6.18 Å². The molecule has 0 atom stereocenters. The van der Waals surface area contributed by atoms with Gasteiger partial charge in [0.2, 0.25) is 0 Å². The van der Waals surface area contributed by atoms with Gasteiger partial charge in [-0.05, 0) is 13.8 Å². The Balaban J connectivity index is 2.46. The van der Waals surface area contributed by atoms with Crippen LogP contribution in [0.15, 0.2) is 28.7 Å². The fraction of sp³-hybridized carbons (Fsp3) is 0.250. The summed E-state index contributed by atoms with van der Waals surface area (Å²) in [6.07, 6.45) is -4.55. The number of benzene rings is 1. The van der Waals surface area contributed by atoms with Crippen LogP contribution >= 0.6 is 0 Å². The summed E-state index contributed by atoms with van der Waals surface area (Å²) in [7, 11) is 0. The number of aromatic nitrogens is 1. The van der Waals surface area contributed by atoms with Crippen molar-refractivity contribution in [3.8, 4) is 11.3 Å². The number of hydrogen-bond donors (Lipinski definition) is 0. The molecule has 0 N–H and O–H groups in total. The van der Waals surface area contributed by atoms with Crippen LogP contribution in [0.2, 0.25) is 0 Å². The Morgan fingerprint density at radius 1 is 1.06 bits per heavy atom. The summed E-state index contributed by atoms with van der Waals surface area (Å²) < 4.78 is 41.8. The van der Waals surface area contributed by atoms with Crippen LogP contribution in [0.25, 0.3) is 11.3 Å². The van der Waals surface area contributed by atoms with Crippen LogP contribution in [0.5, 0.6) is 0 Å². The number of oxazole rings is 1. The molecule has 0 radical (unpaired) electrons. The SMILES string of the molecule is Cc1ccc(-c2nc(C(F)(F)F)oc2C)cc1. The summed E-state index contributed by atoms with van der Waals surface area (Å²) in [5, 5.41) is 0. The lowest BCUT2D eigenvalue weighted by Gasteiger charge is -1.98. The molecule has 90 valence electrons. The standard InChI is InChI=1S/C12H10F3NO/c1-7-3-5-9(6-4-7)10-8(2)17-11(16-10)12(13,14)15/h3-6H,1-2H3. The van der Waals surface area contributed by atoms with Crippen LogP contribution in [0, 0.1) is 13.8 Å². The van der Waals surface area contributed by atoms with Gasteiger partial charge in [0.15, 0.2) is 0 Å². The van der Waals surface area contributed by atoms with Gasteiger partial charge >= 0.3 is 12.1 Å². The van der Waals surface area contributed by atoms with Gasteiger partial charge in [-0.2, -0.15) is 13.2 Å². The molecule has 1 aromatic carbocycles. The van der Waals surface area contributed by atoms with E-state index in [-0.39, 0.29) is 11.5 Å². The van der Waals surface area contributed by atoms with E-state index in [0.717, 1.165) is 5.56 Å². The van der Waals surface area contributed by atoms with Crippen molar-refractivity contribution in [1.29, 1.82) is 0 Å². The molecule has 0 saturated heterocycles. The molecule has 0 unspecified atom stereocenters. The summed E-state index contributed by atoms with van der Waals surface area (Å²) in [5.74, 6) is -1.04. The summed E-state index contributed by atoms with van der Waals surface area (Å²) in [6, 6.07) is 7.08. The molecule has 0 aliphatic heterocycles. The maximum atomic E-state index is 12.4. The lowest BCUT2D eigenvalue weighted by molar-refractivity contribution is -0.157. The Morgan fingerprint density at radius 3 is 2.12 bits per heavy atom. The molecule has 0 spiro atoms. The van der Waals surface area contributed by atoms with Crippen molar-refractivity contribution in [3.63, 3.8) is 0 Å². The monoisotopic (exact) mass is 241 g/mol. The number of alkyl halides is 3. The van der Waals surface area contributed by atoms with E-state index in [4.69, 9.17) is 0 Å². The van der Waals surface area contributed by atoms with E-state index in [9.17, 15) is 13.2 Å². The van der Waals surface area contributed by atoms with Crippen molar-refractivity contribution >= 4 is 0 Å². The fourth-order valence-electron chi connectivity index (χ4n) is 1.50. The smallest absolute Gasteiger partial charge is 0.438 e. The minimum atomic E-state index is -4.55. The molecular weight excluding hydrogens is 231 g/mol. The van der Waals surface area contributed by atoms with E-state index in [2.05, 4.69) is 9.40 Å². The highest BCUT2D eigenvalue weighted by Gasteiger charge is 2.38. The zero-order chi connectivity index (χ0) is 12.6. The van der Waals surface area contributed by atoms with Gasteiger partial charge in [-0.1, -0.05) is 29.8 Å². The highest BCUT2D eigenvalue weighted by molar-refractivity contribution is 5.61. The van der Waals surface area contributed by atoms with Crippen LogP contribution < -0.4 is 0 Å². The Labute approximate surface area is 96.1 Å². The summed E-state index contributed by atoms with van der Waals surface area (Å²) in [5.41, 5.74) is 1.88. The topological polar surface area (TPSA) is 26.0 Å². The maximum absolute atomic E-state index is 12.4. The first-order valence-electron chi connectivity index (χ1n) is 4.99. The van der Waals surface area contributed by atoms with Crippen molar-refractivity contribution in [1.82, 2.24) is 4.98 Å². The average molecular weight is 241 g/mol. The number of hydrogen-bond acceptors (Lipinski definition) is 2. The van der Waals surface area contributed by atoms with E-state index in [1.165, 1.54) is 6.92 Å². The molecule has 5 heteroatoms. The minimum Gasteiger partial charge on any atom is -0.438 e. The molecule has 17 heavy (non-hydrogen) atoms. The van der Waals surface area contributed by atoms with Gasteiger partial charge in [0.1, 0.15) is 11.5 Å². The third kappa shape index (κ3) is 2.33. The molecule has 1 heterocycles. The Hall–Kier alpha value is -1.78.